The molecule has 1 N–H and O–H groups in total. The van der Waals surface area contributed by atoms with E-state index in [1.807, 2.05) is 0 Å². The zero-order valence-corrected chi connectivity index (χ0v) is 7.77. The maximum atomic E-state index is 13.3. The standard InChI is InChI=1S/C11H10F2O/c1-8-5-6-10(12)9(11(8)13)4-2-3-7-14/h5-6,14H,3,7H2,1H3. The molecule has 0 unspecified atom stereocenters. The molecule has 1 aromatic carbocycles. The Balaban J connectivity index is 3.08. The molecule has 1 rings (SSSR count). The molecule has 0 heterocycles. The smallest absolute Gasteiger partial charge is 0.144 e. The Bertz CT molecular complexity index is 388. The minimum absolute atomic E-state index is 0.109. The van der Waals surface area contributed by atoms with E-state index in [1.54, 1.807) is 6.92 Å². The second kappa shape index (κ2) is 4.73. The first kappa shape index (κ1) is 10.7. The van der Waals surface area contributed by atoms with Crippen LogP contribution in [0.1, 0.15) is 17.5 Å². The molecule has 3 heteroatoms. The third-order valence-electron chi connectivity index (χ3n) is 1.73. The zero-order chi connectivity index (χ0) is 10.6. The van der Waals surface area contributed by atoms with Gasteiger partial charge in [0.25, 0.3) is 0 Å². The van der Waals surface area contributed by atoms with Crippen LogP contribution in [0.2, 0.25) is 0 Å². The molecule has 0 fully saturated rings. The zero-order valence-electron chi connectivity index (χ0n) is 7.77. The van der Waals surface area contributed by atoms with Crippen molar-refractivity contribution in [2.75, 3.05) is 6.61 Å². The minimum atomic E-state index is -0.668. The van der Waals surface area contributed by atoms with Gasteiger partial charge in [-0.3, -0.25) is 0 Å². The van der Waals surface area contributed by atoms with Gasteiger partial charge in [-0.15, -0.1) is 0 Å². The lowest BCUT2D eigenvalue weighted by atomic mass is 10.1. The fraction of sp³-hybridized carbons (Fsp3) is 0.273. The van der Waals surface area contributed by atoms with Crippen molar-refractivity contribution in [1.29, 1.82) is 0 Å². The van der Waals surface area contributed by atoms with E-state index < -0.39 is 11.6 Å². The van der Waals surface area contributed by atoms with Crippen molar-refractivity contribution in [2.45, 2.75) is 13.3 Å². The Morgan fingerprint density at radius 1 is 1.36 bits per heavy atom. The molecule has 1 aromatic rings. The van der Waals surface area contributed by atoms with Crippen LogP contribution in [0.4, 0.5) is 8.78 Å². The van der Waals surface area contributed by atoms with E-state index in [0.717, 1.165) is 0 Å². The summed E-state index contributed by atoms with van der Waals surface area (Å²) in [5, 5.41) is 8.45. The van der Waals surface area contributed by atoms with E-state index in [0.29, 0.717) is 5.56 Å². The number of rotatable bonds is 1. The van der Waals surface area contributed by atoms with Crippen LogP contribution >= 0.6 is 0 Å². The van der Waals surface area contributed by atoms with Crippen molar-refractivity contribution in [3.8, 4) is 11.8 Å². The summed E-state index contributed by atoms with van der Waals surface area (Å²) in [4.78, 5) is 0. The fourth-order valence-electron chi connectivity index (χ4n) is 0.978. The van der Waals surface area contributed by atoms with Crippen molar-refractivity contribution < 1.29 is 13.9 Å². The van der Waals surface area contributed by atoms with Crippen LogP contribution in [0.15, 0.2) is 12.1 Å². The highest BCUT2D eigenvalue weighted by Crippen LogP contribution is 2.14. The molecule has 0 aromatic heterocycles. The molecule has 0 amide bonds. The quantitative estimate of drug-likeness (QED) is 0.681. The molecule has 0 radical (unpaired) electrons. The number of aliphatic hydroxyl groups is 1. The first-order valence-corrected chi connectivity index (χ1v) is 4.21. The first-order chi connectivity index (χ1) is 6.66. The summed E-state index contributed by atoms with van der Waals surface area (Å²) in [6, 6.07) is 2.54. The normalized spacial score (nSPS) is 9.43. The second-order valence-corrected chi connectivity index (χ2v) is 2.83. The maximum absolute atomic E-state index is 13.3. The lowest BCUT2D eigenvalue weighted by Gasteiger charge is -1.99. The molecule has 0 aliphatic rings. The number of halogens is 2. The number of hydrogen-bond acceptors (Lipinski definition) is 1. The number of aryl methyl sites for hydroxylation is 1. The van der Waals surface area contributed by atoms with E-state index in [1.165, 1.54) is 12.1 Å². The Labute approximate surface area is 81.4 Å². The van der Waals surface area contributed by atoms with Gasteiger partial charge in [0, 0.05) is 6.42 Å². The van der Waals surface area contributed by atoms with E-state index in [9.17, 15) is 8.78 Å². The topological polar surface area (TPSA) is 20.2 Å². The van der Waals surface area contributed by atoms with Crippen molar-refractivity contribution in [3.05, 3.63) is 34.9 Å². The molecule has 14 heavy (non-hydrogen) atoms. The Morgan fingerprint density at radius 2 is 2.07 bits per heavy atom. The van der Waals surface area contributed by atoms with Crippen molar-refractivity contribution in [3.63, 3.8) is 0 Å². The summed E-state index contributed by atoms with van der Waals surface area (Å²) in [6.45, 7) is 1.44. The fourth-order valence-corrected chi connectivity index (χ4v) is 0.978. The molecule has 0 spiro atoms. The largest absolute Gasteiger partial charge is 0.395 e. The third kappa shape index (κ3) is 2.30. The predicted octanol–water partition coefficient (Wildman–Crippen LogP) is 2.01. The van der Waals surface area contributed by atoms with Gasteiger partial charge in [0.2, 0.25) is 0 Å². The van der Waals surface area contributed by atoms with Crippen LogP contribution in [0.25, 0.3) is 0 Å². The summed E-state index contributed by atoms with van der Waals surface area (Å²) in [5.74, 6) is 3.55. The molecule has 0 aliphatic heterocycles. The van der Waals surface area contributed by atoms with Crippen molar-refractivity contribution in [1.82, 2.24) is 0 Å². The van der Waals surface area contributed by atoms with Crippen LogP contribution in [-0.2, 0) is 0 Å². The molecular formula is C11H10F2O. The highest BCUT2D eigenvalue weighted by molar-refractivity contribution is 5.39. The highest BCUT2D eigenvalue weighted by Gasteiger charge is 2.08. The average Bonchev–Trinajstić information content (AvgIpc) is 2.18. The minimum Gasteiger partial charge on any atom is -0.395 e. The van der Waals surface area contributed by atoms with Crippen LogP contribution < -0.4 is 0 Å². The molecular weight excluding hydrogens is 186 g/mol. The van der Waals surface area contributed by atoms with Crippen LogP contribution in [0.3, 0.4) is 0 Å². The lowest BCUT2D eigenvalue weighted by molar-refractivity contribution is 0.305. The van der Waals surface area contributed by atoms with E-state index in [2.05, 4.69) is 11.8 Å². The summed E-state index contributed by atoms with van der Waals surface area (Å²) in [7, 11) is 0. The lowest BCUT2D eigenvalue weighted by Crippen LogP contribution is -1.93. The van der Waals surface area contributed by atoms with Crippen molar-refractivity contribution >= 4 is 0 Å². The van der Waals surface area contributed by atoms with Crippen LogP contribution in [-0.4, -0.2) is 11.7 Å². The van der Waals surface area contributed by atoms with Gasteiger partial charge in [-0.1, -0.05) is 17.9 Å². The third-order valence-corrected chi connectivity index (χ3v) is 1.73. The molecule has 74 valence electrons. The maximum Gasteiger partial charge on any atom is 0.144 e. The molecule has 0 saturated carbocycles. The highest BCUT2D eigenvalue weighted by atomic mass is 19.1. The van der Waals surface area contributed by atoms with E-state index in [4.69, 9.17) is 5.11 Å². The summed E-state index contributed by atoms with van der Waals surface area (Å²) >= 11 is 0. The van der Waals surface area contributed by atoms with Crippen LogP contribution in [0, 0.1) is 30.4 Å². The van der Waals surface area contributed by atoms with E-state index >= 15 is 0 Å². The Kier molecular flexibility index (Phi) is 3.61. The summed E-state index contributed by atoms with van der Waals surface area (Å²) in [5.41, 5.74) is 0.137. The van der Waals surface area contributed by atoms with Gasteiger partial charge in [0.05, 0.1) is 12.2 Å². The first-order valence-electron chi connectivity index (χ1n) is 4.21. The van der Waals surface area contributed by atoms with Crippen LogP contribution in [0.5, 0.6) is 0 Å². The molecule has 0 saturated heterocycles. The Morgan fingerprint density at radius 3 is 2.71 bits per heavy atom. The second-order valence-electron chi connectivity index (χ2n) is 2.83. The van der Waals surface area contributed by atoms with Gasteiger partial charge < -0.3 is 5.11 Å². The molecule has 0 aliphatic carbocycles. The molecule has 0 bridgehead atoms. The van der Waals surface area contributed by atoms with Gasteiger partial charge in [-0.25, -0.2) is 8.78 Å². The van der Waals surface area contributed by atoms with Gasteiger partial charge in [-0.05, 0) is 18.6 Å². The Hall–Kier alpha value is -1.40. The predicted molar refractivity (Wildman–Crippen MR) is 49.7 cm³/mol. The summed E-state index contributed by atoms with van der Waals surface area (Å²) < 4.78 is 26.3. The van der Waals surface area contributed by atoms with Crippen molar-refractivity contribution in [2.24, 2.45) is 0 Å². The van der Waals surface area contributed by atoms with E-state index in [-0.39, 0.29) is 18.6 Å². The van der Waals surface area contributed by atoms with Gasteiger partial charge in [0.1, 0.15) is 11.6 Å². The van der Waals surface area contributed by atoms with Gasteiger partial charge in [0.15, 0.2) is 0 Å². The van der Waals surface area contributed by atoms with Gasteiger partial charge >= 0.3 is 0 Å². The molecule has 1 nitrogen and oxygen atoms in total. The number of benzene rings is 1. The SMILES string of the molecule is Cc1ccc(F)c(C#CCCO)c1F. The summed E-state index contributed by atoms with van der Waals surface area (Å²) in [6.07, 6.45) is 0.215. The number of aliphatic hydroxyl groups excluding tert-OH is 1. The molecule has 0 atom stereocenters. The average molecular weight is 196 g/mol. The number of hydrogen-bond donors (Lipinski definition) is 1. The van der Waals surface area contributed by atoms with Gasteiger partial charge in [-0.2, -0.15) is 0 Å². The monoisotopic (exact) mass is 196 g/mol.